The molecule has 0 aliphatic carbocycles. The number of nitrogens with zero attached hydrogens (tertiary/aromatic N) is 1. The van der Waals surface area contributed by atoms with Gasteiger partial charge in [0, 0.05) is 24.5 Å². The van der Waals surface area contributed by atoms with Gasteiger partial charge in [-0.3, -0.25) is 14.5 Å². The number of benzene rings is 1. The van der Waals surface area contributed by atoms with Crippen molar-refractivity contribution >= 4 is 23.2 Å². The van der Waals surface area contributed by atoms with Gasteiger partial charge in [-0.1, -0.05) is 0 Å². The number of rotatable bonds is 3. The summed E-state index contributed by atoms with van der Waals surface area (Å²) in [5.74, 6) is -0.680. The van der Waals surface area contributed by atoms with Crippen LogP contribution < -0.4 is 16.4 Å². The van der Waals surface area contributed by atoms with E-state index in [0.717, 1.165) is 12.1 Å². The standard InChI is InChI=1S/C14H17F3N4O2/c1-8(21-5-4-19-12(22)7-21)13(23)20-9-2-3-11(18)10(6-9)14(15,16)17/h2-3,6,8H,4-5,7,18H2,1H3,(H,19,22)(H,20,23). The minimum atomic E-state index is -4.60. The molecule has 2 amide bonds. The number of anilines is 2. The molecule has 1 aliphatic heterocycles. The number of nitrogens with two attached hydrogens (primary N) is 1. The number of amides is 2. The van der Waals surface area contributed by atoms with Gasteiger partial charge >= 0.3 is 6.18 Å². The predicted molar refractivity (Wildman–Crippen MR) is 78.5 cm³/mol. The number of nitrogens with one attached hydrogen (secondary N) is 2. The van der Waals surface area contributed by atoms with Gasteiger partial charge in [0.25, 0.3) is 0 Å². The normalized spacial score (nSPS) is 17.5. The first-order valence-electron chi connectivity index (χ1n) is 6.97. The smallest absolute Gasteiger partial charge is 0.398 e. The van der Waals surface area contributed by atoms with Crippen molar-refractivity contribution in [2.75, 3.05) is 30.7 Å². The molecule has 0 saturated carbocycles. The number of halogens is 3. The van der Waals surface area contributed by atoms with E-state index in [9.17, 15) is 22.8 Å². The third kappa shape index (κ3) is 4.13. The molecule has 0 radical (unpaired) electrons. The Morgan fingerprint density at radius 2 is 2.13 bits per heavy atom. The molecule has 2 rings (SSSR count). The zero-order valence-electron chi connectivity index (χ0n) is 12.4. The lowest BCUT2D eigenvalue weighted by Crippen LogP contribution is -2.53. The van der Waals surface area contributed by atoms with Crippen molar-refractivity contribution in [2.45, 2.75) is 19.1 Å². The van der Waals surface area contributed by atoms with Crippen LogP contribution >= 0.6 is 0 Å². The van der Waals surface area contributed by atoms with E-state index in [-0.39, 0.29) is 18.1 Å². The highest BCUT2D eigenvalue weighted by atomic mass is 19.4. The maximum absolute atomic E-state index is 12.8. The number of hydrogen-bond acceptors (Lipinski definition) is 4. The van der Waals surface area contributed by atoms with E-state index in [1.807, 2.05) is 0 Å². The molecule has 0 aromatic heterocycles. The fourth-order valence-electron chi connectivity index (χ4n) is 2.28. The highest BCUT2D eigenvalue weighted by molar-refractivity contribution is 5.95. The van der Waals surface area contributed by atoms with Crippen LogP contribution in [0.25, 0.3) is 0 Å². The van der Waals surface area contributed by atoms with Crippen LogP contribution in [0.2, 0.25) is 0 Å². The maximum atomic E-state index is 12.8. The summed E-state index contributed by atoms with van der Waals surface area (Å²) in [7, 11) is 0. The van der Waals surface area contributed by atoms with Crippen molar-refractivity contribution in [1.82, 2.24) is 10.2 Å². The number of piperazine rings is 1. The first kappa shape index (κ1) is 17.1. The van der Waals surface area contributed by atoms with Crippen LogP contribution in [0.5, 0.6) is 0 Å². The minimum absolute atomic E-state index is 0.00448. The first-order valence-corrected chi connectivity index (χ1v) is 6.97. The van der Waals surface area contributed by atoms with Gasteiger partial charge < -0.3 is 16.4 Å². The van der Waals surface area contributed by atoms with E-state index in [2.05, 4.69) is 10.6 Å². The van der Waals surface area contributed by atoms with E-state index in [4.69, 9.17) is 5.73 Å². The lowest BCUT2D eigenvalue weighted by Gasteiger charge is -2.31. The lowest BCUT2D eigenvalue weighted by atomic mass is 10.1. The van der Waals surface area contributed by atoms with Crippen molar-refractivity contribution in [1.29, 1.82) is 0 Å². The van der Waals surface area contributed by atoms with E-state index in [1.54, 1.807) is 11.8 Å². The molecule has 1 aromatic rings. The molecule has 1 fully saturated rings. The summed E-state index contributed by atoms with van der Waals surface area (Å²) >= 11 is 0. The molecule has 1 saturated heterocycles. The van der Waals surface area contributed by atoms with Crippen molar-refractivity contribution in [3.05, 3.63) is 23.8 Å². The summed E-state index contributed by atoms with van der Waals surface area (Å²) in [6.07, 6.45) is -4.60. The van der Waals surface area contributed by atoms with Crippen LogP contribution in [-0.2, 0) is 15.8 Å². The Kier molecular flexibility index (Phi) is 4.79. The third-order valence-electron chi connectivity index (χ3n) is 3.62. The van der Waals surface area contributed by atoms with Gasteiger partial charge in [-0.05, 0) is 25.1 Å². The topological polar surface area (TPSA) is 87.5 Å². The summed E-state index contributed by atoms with van der Waals surface area (Å²) in [5.41, 5.74) is 3.91. The van der Waals surface area contributed by atoms with Gasteiger partial charge in [0.15, 0.2) is 0 Å². The summed E-state index contributed by atoms with van der Waals surface area (Å²) in [6.45, 7) is 2.59. The summed E-state index contributed by atoms with van der Waals surface area (Å²) in [6, 6.07) is 2.55. The van der Waals surface area contributed by atoms with Gasteiger partial charge in [-0.2, -0.15) is 13.2 Å². The van der Waals surface area contributed by atoms with Crippen molar-refractivity contribution in [2.24, 2.45) is 0 Å². The molecule has 1 heterocycles. The van der Waals surface area contributed by atoms with Crippen LogP contribution in [0.3, 0.4) is 0 Å². The van der Waals surface area contributed by atoms with Crippen LogP contribution in [0, 0.1) is 0 Å². The van der Waals surface area contributed by atoms with Gasteiger partial charge in [-0.15, -0.1) is 0 Å². The Morgan fingerprint density at radius 1 is 1.43 bits per heavy atom. The quantitative estimate of drug-likeness (QED) is 0.723. The molecule has 0 spiro atoms. The van der Waals surface area contributed by atoms with E-state index < -0.39 is 29.4 Å². The van der Waals surface area contributed by atoms with Gasteiger partial charge in [0.2, 0.25) is 11.8 Å². The Bertz CT molecular complexity index is 619. The second kappa shape index (κ2) is 6.45. The number of carbonyl (C=O) groups excluding carboxylic acids is 2. The number of carbonyl (C=O) groups is 2. The summed E-state index contributed by atoms with van der Waals surface area (Å²) in [4.78, 5) is 25.1. The summed E-state index contributed by atoms with van der Waals surface area (Å²) < 4.78 is 38.4. The molecule has 0 bridgehead atoms. The Morgan fingerprint density at radius 3 is 2.74 bits per heavy atom. The molecule has 1 unspecified atom stereocenters. The molecule has 6 nitrogen and oxygen atoms in total. The zero-order chi connectivity index (χ0) is 17.2. The first-order chi connectivity index (χ1) is 10.7. The van der Waals surface area contributed by atoms with Crippen molar-refractivity contribution < 1.29 is 22.8 Å². The third-order valence-corrected chi connectivity index (χ3v) is 3.62. The summed E-state index contributed by atoms with van der Waals surface area (Å²) in [5, 5.41) is 5.06. The van der Waals surface area contributed by atoms with E-state index in [1.165, 1.54) is 6.07 Å². The average molecular weight is 330 g/mol. The van der Waals surface area contributed by atoms with Crippen LogP contribution in [0.1, 0.15) is 12.5 Å². The van der Waals surface area contributed by atoms with Crippen LogP contribution in [0.15, 0.2) is 18.2 Å². The fraction of sp³-hybridized carbons (Fsp3) is 0.429. The molecule has 1 atom stereocenters. The lowest BCUT2D eigenvalue weighted by molar-refractivity contribution is -0.137. The van der Waals surface area contributed by atoms with E-state index >= 15 is 0 Å². The SMILES string of the molecule is CC(C(=O)Nc1ccc(N)c(C(F)(F)F)c1)N1CCNC(=O)C1. The van der Waals surface area contributed by atoms with Crippen molar-refractivity contribution in [3.63, 3.8) is 0 Å². The molecule has 9 heteroatoms. The van der Waals surface area contributed by atoms with Gasteiger partial charge in [0.05, 0.1) is 18.2 Å². The Labute approximate surface area is 130 Å². The fourth-order valence-corrected chi connectivity index (χ4v) is 2.28. The maximum Gasteiger partial charge on any atom is 0.418 e. The minimum Gasteiger partial charge on any atom is -0.398 e. The largest absolute Gasteiger partial charge is 0.418 e. The highest BCUT2D eigenvalue weighted by Gasteiger charge is 2.33. The number of hydrogen-bond donors (Lipinski definition) is 3. The highest BCUT2D eigenvalue weighted by Crippen LogP contribution is 2.35. The number of alkyl halides is 3. The molecular formula is C14H17F3N4O2. The molecule has 4 N–H and O–H groups in total. The molecule has 1 aliphatic rings. The molecule has 23 heavy (non-hydrogen) atoms. The van der Waals surface area contributed by atoms with Crippen molar-refractivity contribution in [3.8, 4) is 0 Å². The van der Waals surface area contributed by atoms with Crippen LogP contribution in [0.4, 0.5) is 24.5 Å². The molecular weight excluding hydrogens is 313 g/mol. The zero-order valence-corrected chi connectivity index (χ0v) is 12.4. The molecule has 1 aromatic carbocycles. The van der Waals surface area contributed by atoms with Gasteiger partial charge in [0.1, 0.15) is 0 Å². The van der Waals surface area contributed by atoms with E-state index in [0.29, 0.717) is 13.1 Å². The second-order valence-corrected chi connectivity index (χ2v) is 5.29. The monoisotopic (exact) mass is 330 g/mol. The predicted octanol–water partition coefficient (Wildman–Crippen LogP) is 1.05. The van der Waals surface area contributed by atoms with Crippen LogP contribution in [-0.4, -0.2) is 42.4 Å². The van der Waals surface area contributed by atoms with Gasteiger partial charge in [-0.25, -0.2) is 0 Å². The Balaban J connectivity index is 2.09. The average Bonchev–Trinajstić information content (AvgIpc) is 2.47. The second-order valence-electron chi connectivity index (χ2n) is 5.29. The molecule has 126 valence electrons. The number of nitrogen functional groups attached to an aromatic ring is 1. The Hall–Kier alpha value is -2.29.